The number of para-hydroxylation sites is 1. The van der Waals surface area contributed by atoms with Crippen LogP contribution >= 0.6 is 35.3 Å². The van der Waals surface area contributed by atoms with Crippen LogP contribution in [0.1, 0.15) is 18.2 Å². The van der Waals surface area contributed by atoms with E-state index >= 15 is 0 Å². The number of benzene rings is 2. The quantitative estimate of drug-likeness (QED) is 0.255. The van der Waals surface area contributed by atoms with Crippen molar-refractivity contribution >= 4 is 41.3 Å². The normalized spacial score (nSPS) is 10.9. The Hall–Kier alpha value is -2.13. The van der Waals surface area contributed by atoms with Crippen LogP contribution in [0.3, 0.4) is 0 Å². The Morgan fingerprint density at radius 1 is 1.07 bits per heavy atom. The molecule has 3 rings (SSSR count). The average Bonchev–Trinajstić information content (AvgIpc) is 3.22. The van der Waals surface area contributed by atoms with Crippen LogP contribution in [0.4, 0.5) is 0 Å². The van der Waals surface area contributed by atoms with Gasteiger partial charge in [-0.3, -0.25) is 0 Å². The van der Waals surface area contributed by atoms with E-state index in [0.29, 0.717) is 6.54 Å². The highest BCUT2D eigenvalue weighted by molar-refractivity contribution is 14.0. The molecule has 154 valence electrons. The second kappa shape index (κ2) is 12.4. The summed E-state index contributed by atoms with van der Waals surface area (Å²) in [6.07, 6.45) is 0.864. The summed E-state index contributed by atoms with van der Waals surface area (Å²) in [5, 5.41) is 9.78. The highest BCUT2D eigenvalue weighted by atomic mass is 127. The molecule has 0 saturated carbocycles. The SMILES string of the molecule is CCNC(=NCc1csc(-c2ccccc2)n1)NCCc1ccccc1OC.I. The van der Waals surface area contributed by atoms with E-state index in [1.54, 1.807) is 18.4 Å². The van der Waals surface area contributed by atoms with Crippen LogP contribution < -0.4 is 15.4 Å². The Kier molecular flexibility index (Phi) is 9.93. The average molecular weight is 522 g/mol. The van der Waals surface area contributed by atoms with E-state index in [0.717, 1.165) is 47.5 Å². The van der Waals surface area contributed by atoms with E-state index in [1.165, 1.54) is 5.56 Å². The summed E-state index contributed by atoms with van der Waals surface area (Å²) in [5.74, 6) is 1.72. The van der Waals surface area contributed by atoms with E-state index < -0.39 is 0 Å². The summed E-state index contributed by atoms with van der Waals surface area (Å²) in [6, 6.07) is 18.3. The number of halogens is 1. The molecular formula is C22H27IN4OS. The van der Waals surface area contributed by atoms with Gasteiger partial charge in [-0.2, -0.15) is 0 Å². The second-order valence-corrected chi connectivity index (χ2v) is 7.05. The van der Waals surface area contributed by atoms with Crippen molar-refractivity contribution in [2.45, 2.75) is 19.9 Å². The van der Waals surface area contributed by atoms with Gasteiger partial charge in [-0.25, -0.2) is 9.98 Å². The first-order valence-corrected chi connectivity index (χ1v) is 10.3. The Bertz CT molecular complexity index is 899. The summed E-state index contributed by atoms with van der Waals surface area (Å²) >= 11 is 1.65. The maximum atomic E-state index is 5.41. The number of thiazole rings is 1. The zero-order valence-electron chi connectivity index (χ0n) is 16.7. The monoisotopic (exact) mass is 522 g/mol. The molecule has 0 atom stereocenters. The number of aromatic nitrogens is 1. The van der Waals surface area contributed by atoms with Crippen LogP contribution in [-0.4, -0.2) is 31.1 Å². The smallest absolute Gasteiger partial charge is 0.191 e. The number of methoxy groups -OCH3 is 1. The number of ether oxygens (including phenoxy) is 1. The largest absolute Gasteiger partial charge is 0.496 e. The lowest BCUT2D eigenvalue weighted by Gasteiger charge is -2.12. The molecule has 0 saturated heterocycles. The molecule has 7 heteroatoms. The van der Waals surface area contributed by atoms with Crippen LogP contribution in [-0.2, 0) is 13.0 Å². The first-order valence-electron chi connectivity index (χ1n) is 9.44. The number of nitrogens with zero attached hydrogens (tertiary/aromatic N) is 2. The van der Waals surface area contributed by atoms with E-state index in [2.05, 4.69) is 46.1 Å². The van der Waals surface area contributed by atoms with Gasteiger partial charge >= 0.3 is 0 Å². The number of hydrogen-bond donors (Lipinski definition) is 2. The van der Waals surface area contributed by atoms with E-state index in [-0.39, 0.29) is 24.0 Å². The molecule has 0 bridgehead atoms. The van der Waals surface area contributed by atoms with Gasteiger partial charge in [0, 0.05) is 24.0 Å². The Labute approximate surface area is 193 Å². The summed E-state index contributed by atoms with van der Waals surface area (Å²) in [5.41, 5.74) is 3.30. The maximum Gasteiger partial charge on any atom is 0.191 e. The maximum absolute atomic E-state index is 5.41. The predicted octanol–water partition coefficient (Wildman–Crippen LogP) is 4.73. The lowest BCUT2D eigenvalue weighted by atomic mass is 10.1. The molecule has 0 aliphatic heterocycles. The minimum atomic E-state index is 0. The standard InChI is InChI=1S/C22H26N4OS.HI/c1-3-23-22(24-14-13-17-9-7-8-12-20(17)27-2)25-15-19-16-28-21(26-19)18-10-5-4-6-11-18;/h4-12,16H,3,13-15H2,1-2H3,(H2,23,24,25);1H. The molecule has 29 heavy (non-hydrogen) atoms. The molecule has 0 radical (unpaired) electrons. The fraction of sp³-hybridized carbons (Fsp3) is 0.273. The molecule has 0 spiro atoms. The minimum Gasteiger partial charge on any atom is -0.496 e. The zero-order valence-corrected chi connectivity index (χ0v) is 19.9. The van der Waals surface area contributed by atoms with Crippen LogP contribution in [0.25, 0.3) is 10.6 Å². The Balaban J connectivity index is 0.00000300. The van der Waals surface area contributed by atoms with Gasteiger partial charge in [-0.05, 0) is 25.0 Å². The third kappa shape index (κ3) is 7.01. The van der Waals surface area contributed by atoms with Gasteiger partial charge in [-0.1, -0.05) is 48.5 Å². The summed E-state index contributed by atoms with van der Waals surface area (Å²) in [7, 11) is 1.70. The minimum absolute atomic E-state index is 0. The van der Waals surface area contributed by atoms with Crippen molar-refractivity contribution in [1.29, 1.82) is 0 Å². The summed E-state index contributed by atoms with van der Waals surface area (Å²) < 4.78 is 5.41. The third-order valence-electron chi connectivity index (χ3n) is 4.20. The van der Waals surface area contributed by atoms with Gasteiger partial charge in [0.15, 0.2) is 5.96 Å². The summed E-state index contributed by atoms with van der Waals surface area (Å²) in [4.78, 5) is 9.37. The van der Waals surface area contributed by atoms with Gasteiger partial charge < -0.3 is 15.4 Å². The molecular weight excluding hydrogens is 495 g/mol. The Morgan fingerprint density at radius 2 is 1.83 bits per heavy atom. The lowest BCUT2D eigenvalue weighted by Crippen LogP contribution is -2.38. The molecule has 1 aromatic heterocycles. The van der Waals surface area contributed by atoms with Crippen molar-refractivity contribution in [2.75, 3.05) is 20.2 Å². The molecule has 2 aromatic carbocycles. The first-order chi connectivity index (χ1) is 13.8. The van der Waals surface area contributed by atoms with Crippen molar-refractivity contribution in [2.24, 2.45) is 4.99 Å². The van der Waals surface area contributed by atoms with Gasteiger partial charge in [0.1, 0.15) is 10.8 Å². The van der Waals surface area contributed by atoms with Gasteiger partial charge in [0.05, 0.1) is 19.3 Å². The van der Waals surface area contributed by atoms with Crippen LogP contribution in [0, 0.1) is 0 Å². The van der Waals surface area contributed by atoms with Crippen molar-refractivity contribution in [1.82, 2.24) is 15.6 Å². The third-order valence-corrected chi connectivity index (χ3v) is 5.14. The van der Waals surface area contributed by atoms with Gasteiger partial charge in [0.25, 0.3) is 0 Å². The topological polar surface area (TPSA) is 58.5 Å². The number of guanidine groups is 1. The number of hydrogen-bond acceptors (Lipinski definition) is 4. The predicted molar refractivity (Wildman–Crippen MR) is 132 cm³/mol. The highest BCUT2D eigenvalue weighted by Gasteiger charge is 2.05. The van der Waals surface area contributed by atoms with Gasteiger partial charge in [0.2, 0.25) is 0 Å². The van der Waals surface area contributed by atoms with Crippen molar-refractivity contribution < 1.29 is 4.74 Å². The molecule has 5 nitrogen and oxygen atoms in total. The van der Waals surface area contributed by atoms with Crippen molar-refractivity contribution in [3.8, 4) is 16.3 Å². The fourth-order valence-corrected chi connectivity index (χ4v) is 3.64. The van der Waals surface area contributed by atoms with Crippen molar-refractivity contribution in [3.05, 3.63) is 71.2 Å². The number of rotatable bonds is 8. The second-order valence-electron chi connectivity index (χ2n) is 6.19. The number of nitrogens with one attached hydrogen (secondary N) is 2. The number of aliphatic imine (C=N–C) groups is 1. The van der Waals surface area contributed by atoms with Crippen LogP contribution in [0.15, 0.2) is 65.0 Å². The van der Waals surface area contributed by atoms with Crippen molar-refractivity contribution in [3.63, 3.8) is 0 Å². The zero-order chi connectivity index (χ0) is 19.6. The van der Waals surface area contributed by atoms with Gasteiger partial charge in [-0.15, -0.1) is 35.3 Å². The summed E-state index contributed by atoms with van der Waals surface area (Å²) in [6.45, 7) is 4.20. The van der Waals surface area contributed by atoms with E-state index in [4.69, 9.17) is 9.72 Å². The fourth-order valence-electron chi connectivity index (χ4n) is 2.82. The molecule has 0 aliphatic carbocycles. The Morgan fingerprint density at radius 3 is 2.59 bits per heavy atom. The van der Waals surface area contributed by atoms with E-state index in [1.807, 2.05) is 36.4 Å². The van der Waals surface area contributed by atoms with Crippen LogP contribution in [0.2, 0.25) is 0 Å². The molecule has 0 fully saturated rings. The highest BCUT2D eigenvalue weighted by Crippen LogP contribution is 2.23. The molecule has 0 aliphatic rings. The molecule has 2 N–H and O–H groups in total. The first kappa shape index (κ1) is 23.2. The molecule has 3 aromatic rings. The molecule has 1 heterocycles. The van der Waals surface area contributed by atoms with Crippen LogP contribution in [0.5, 0.6) is 5.75 Å². The molecule has 0 unspecified atom stereocenters. The van der Waals surface area contributed by atoms with E-state index in [9.17, 15) is 0 Å². The molecule has 0 amide bonds. The lowest BCUT2D eigenvalue weighted by molar-refractivity contribution is 0.409.